The van der Waals surface area contributed by atoms with Crippen LogP contribution in [0.3, 0.4) is 0 Å². The van der Waals surface area contributed by atoms with Gasteiger partial charge in [-0.25, -0.2) is 4.79 Å². The van der Waals surface area contributed by atoms with Crippen molar-refractivity contribution in [2.24, 2.45) is 10.2 Å². The molecule has 0 bridgehead atoms. The molecule has 1 amide bonds. The van der Waals surface area contributed by atoms with Crippen LogP contribution in [0.15, 0.2) is 33.3 Å². The van der Waals surface area contributed by atoms with E-state index in [1.165, 1.54) is 25.5 Å². The van der Waals surface area contributed by atoms with Gasteiger partial charge in [-0.05, 0) is 23.9 Å². The van der Waals surface area contributed by atoms with Crippen molar-refractivity contribution in [3.8, 4) is 5.75 Å². The van der Waals surface area contributed by atoms with Crippen LogP contribution in [0.25, 0.3) is 0 Å². The predicted molar refractivity (Wildman–Crippen MR) is 89.0 cm³/mol. The Hall–Kier alpha value is -2.03. The van der Waals surface area contributed by atoms with Crippen molar-refractivity contribution in [2.45, 2.75) is 0 Å². The zero-order valence-corrected chi connectivity index (χ0v) is 13.9. The van der Waals surface area contributed by atoms with Gasteiger partial charge in [0.1, 0.15) is 5.75 Å². The fraction of sp³-hybridized carbons (Fsp3) is 0.0769. The van der Waals surface area contributed by atoms with Crippen LogP contribution in [0.5, 0.6) is 5.75 Å². The molecule has 1 saturated heterocycles. The number of thioether (sulfide) groups is 1. The maximum Gasteiger partial charge on any atom is 0.331 e. The third-order valence-electron chi connectivity index (χ3n) is 2.50. The zero-order valence-electron chi connectivity index (χ0n) is 11.5. The number of phenols is 1. The number of hydrogen-bond acceptors (Lipinski definition) is 7. The lowest BCUT2D eigenvalue weighted by Gasteiger charge is -2.01. The molecule has 1 heterocycles. The van der Waals surface area contributed by atoms with Crippen molar-refractivity contribution < 1.29 is 19.4 Å². The quantitative estimate of drug-likeness (QED) is 0.366. The second kappa shape index (κ2) is 7.49. The highest BCUT2D eigenvalue weighted by atomic mass is 35.5. The van der Waals surface area contributed by atoms with Crippen molar-refractivity contribution in [3.63, 3.8) is 0 Å². The number of phenolic OH excluding ortho intramolecular Hbond substituents is 1. The lowest BCUT2D eigenvalue weighted by Crippen LogP contribution is -2.19. The molecule has 120 valence electrons. The number of ether oxygens (including phenoxy) is 1. The molecular weight excluding hydrogens is 365 g/mol. The normalized spacial score (nSPS) is 18.0. The van der Waals surface area contributed by atoms with Crippen molar-refractivity contribution in [3.05, 3.63) is 38.7 Å². The van der Waals surface area contributed by atoms with E-state index in [1.54, 1.807) is 0 Å². The second-order valence-electron chi connectivity index (χ2n) is 4.06. The molecule has 0 atom stereocenters. The van der Waals surface area contributed by atoms with E-state index in [0.717, 1.165) is 17.8 Å². The van der Waals surface area contributed by atoms with E-state index in [0.29, 0.717) is 5.02 Å². The summed E-state index contributed by atoms with van der Waals surface area (Å²) in [6.07, 6.45) is 2.28. The highest BCUT2D eigenvalue weighted by Crippen LogP contribution is 2.30. The molecule has 0 unspecified atom stereocenters. The molecule has 10 heteroatoms. The van der Waals surface area contributed by atoms with Crippen LogP contribution < -0.4 is 5.32 Å². The van der Waals surface area contributed by atoms with Crippen LogP contribution in [0.1, 0.15) is 5.56 Å². The standard InChI is InChI=1S/C13H9Cl2N3O4S/c1-22-10(19)4-9-12(21)17-13(23-9)18-16-5-6-2-7(14)3-8(15)11(6)20/h2-5,20H,1H3,(H,17,18,21)/b9-4+,16-5?. The molecule has 1 aliphatic heterocycles. The Morgan fingerprint density at radius 1 is 1.43 bits per heavy atom. The van der Waals surface area contributed by atoms with Gasteiger partial charge < -0.3 is 9.84 Å². The smallest absolute Gasteiger partial charge is 0.331 e. The number of carbonyl (C=O) groups is 2. The van der Waals surface area contributed by atoms with Crippen LogP contribution in [0.2, 0.25) is 10.0 Å². The molecule has 1 aromatic carbocycles. The van der Waals surface area contributed by atoms with E-state index in [4.69, 9.17) is 23.2 Å². The monoisotopic (exact) mass is 373 g/mol. The molecular formula is C13H9Cl2N3O4S. The Balaban J connectivity index is 2.14. The summed E-state index contributed by atoms with van der Waals surface area (Å²) in [5, 5.41) is 20.3. The number of esters is 1. The summed E-state index contributed by atoms with van der Waals surface area (Å²) in [4.78, 5) is 22.8. The molecule has 0 saturated carbocycles. The lowest BCUT2D eigenvalue weighted by molar-refractivity contribution is -0.135. The summed E-state index contributed by atoms with van der Waals surface area (Å²) in [5.74, 6) is -1.32. The largest absolute Gasteiger partial charge is 0.506 e. The van der Waals surface area contributed by atoms with Crippen molar-refractivity contribution in [1.82, 2.24) is 5.32 Å². The Morgan fingerprint density at radius 3 is 2.87 bits per heavy atom. The van der Waals surface area contributed by atoms with E-state index < -0.39 is 11.9 Å². The van der Waals surface area contributed by atoms with Gasteiger partial charge in [-0.3, -0.25) is 10.1 Å². The van der Waals surface area contributed by atoms with E-state index in [1.807, 2.05) is 0 Å². The molecule has 0 radical (unpaired) electrons. The minimum atomic E-state index is -0.647. The average molecular weight is 374 g/mol. The van der Waals surface area contributed by atoms with Crippen LogP contribution in [0, 0.1) is 0 Å². The first-order valence-corrected chi connectivity index (χ1v) is 7.56. The second-order valence-corrected chi connectivity index (χ2v) is 5.94. The van der Waals surface area contributed by atoms with Crippen LogP contribution in [0.4, 0.5) is 0 Å². The summed E-state index contributed by atoms with van der Waals surface area (Å²) >= 11 is 12.5. The van der Waals surface area contributed by atoms with Gasteiger partial charge in [0.25, 0.3) is 5.91 Å². The zero-order chi connectivity index (χ0) is 17.0. The molecule has 1 fully saturated rings. The van der Waals surface area contributed by atoms with E-state index in [2.05, 4.69) is 20.3 Å². The van der Waals surface area contributed by atoms with Gasteiger partial charge in [0.15, 0.2) is 5.17 Å². The number of carbonyl (C=O) groups excluding carboxylic acids is 2. The molecule has 23 heavy (non-hydrogen) atoms. The number of amidine groups is 1. The van der Waals surface area contributed by atoms with Crippen LogP contribution in [-0.4, -0.2) is 35.5 Å². The van der Waals surface area contributed by atoms with Crippen molar-refractivity contribution >= 4 is 58.2 Å². The minimum absolute atomic E-state index is 0.0819. The van der Waals surface area contributed by atoms with E-state index in [9.17, 15) is 14.7 Å². The number of amides is 1. The topological polar surface area (TPSA) is 100 Å². The van der Waals surface area contributed by atoms with Gasteiger partial charge in [-0.2, -0.15) is 5.10 Å². The molecule has 0 spiro atoms. The summed E-state index contributed by atoms with van der Waals surface area (Å²) < 4.78 is 4.44. The number of aromatic hydroxyl groups is 1. The van der Waals surface area contributed by atoms with Gasteiger partial charge in [-0.15, -0.1) is 5.10 Å². The van der Waals surface area contributed by atoms with E-state index >= 15 is 0 Å². The highest BCUT2D eigenvalue weighted by molar-refractivity contribution is 8.18. The van der Waals surface area contributed by atoms with Gasteiger partial charge in [0, 0.05) is 16.7 Å². The number of halogens is 2. The molecule has 0 aromatic heterocycles. The summed E-state index contributed by atoms with van der Waals surface area (Å²) in [6, 6.07) is 2.84. The number of nitrogens with zero attached hydrogens (tertiary/aromatic N) is 2. The summed E-state index contributed by atoms with van der Waals surface area (Å²) in [6.45, 7) is 0. The predicted octanol–water partition coefficient (Wildman–Crippen LogP) is 2.31. The Bertz CT molecular complexity index is 762. The maximum absolute atomic E-state index is 11.6. The third-order valence-corrected chi connectivity index (χ3v) is 3.91. The van der Waals surface area contributed by atoms with Gasteiger partial charge in [0.05, 0.1) is 23.3 Å². The van der Waals surface area contributed by atoms with E-state index in [-0.39, 0.29) is 26.4 Å². The number of hydrogen-bond donors (Lipinski definition) is 2. The molecule has 2 rings (SSSR count). The van der Waals surface area contributed by atoms with Gasteiger partial charge in [0.2, 0.25) is 0 Å². The molecule has 7 nitrogen and oxygen atoms in total. The number of rotatable bonds is 3. The Labute approximate surface area is 145 Å². The molecule has 1 aromatic rings. The minimum Gasteiger partial charge on any atom is -0.506 e. The number of methoxy groups -OCH3 is 1. The van der Waals surface area contributed by atoms with Crippen LogP contribution in [-0.2, 0) is 14.3 Å². The summed E-state index contributed by atoms with van der Waals surface area (Å²) in [5.41, 5.74) is 0.270. The lowest BCUT2D eigenvalue weighted by atomic mass is 10.2. The number of nitrogens with one attached hydrogen (secondary N) is 1. The fourth-order valence-corrected chi connectivity index (χ4v) is 2.72. The van der Waals surface area contributed by atoms with Gasteiger partial charge >= 0.3 is 5.97 Å². The SMILES string of the molecule is COC(=O)/C=C1/S/C(=N\N=Cc2cc(Cl)cc(Cl)c2O)NC1=O. The molecule has 1 aliphatic rings. The average Bonchev–Trinajstić information content (AvgIpc) is 2.84. The highest BCUT2D eigenvalue weighted by Gasteiger charge is 2.25. The Kier molecular flexibility index (Phi) is 5.64. The fourth-order valence-electron chi connectivity index (χ4n) is 1.47. The maximum atomic E-state index is 11.6. The van der Waals surface area contributed by atoms with Crippen LogP contribution >= 0.6 is 35.0 Å². The molecule has 2 N–H and O–H groups in total. The Morgan fingerprint density at radius 2 is 2.17 bits per heavy atom. The first-order valence-electron chi connectivity index (χ1n) is 5.98. The first-order chi connectivity index (χ1) is 10.9. The van der Waals surface area contributed by atoms with Crippen molar-refractivity contribution in [1.29, 1.82) is 0 Å². The van der Waals surface area contributed by atoms with Crippen molar-refractivity contribution in [2.75, 3.05) is 7.11 Å². The van der Waals surface area contributed by atoms with Gasteiger partial charge in [-0.1, -0.05) is 23.2 Å². The first kappa shape index (κ1) is 17.3. The molecule has 0 aliphatic carbocycles. The third kappa shape index (κ3) is 4.47. The summed E-state index contributed by atoms with van der Waals surface area (Å²) in [7, 11) is 1.21. The number of benzene rings is 1.